The number of β-amino-alcohol motifs (C(OH)–C–C–N with tert-alkyl or cyclic N) is 1. The van der Waals surface area contributed by atoms with E-state index in [-0.39, 0.29) is 40.8 Å². The molecule has 11 nitrogen and oxygen atoms in total. The number of morpholine rings is 1. The van der Waals surface area contributed by atoms with E-state index in [0.717, 1.165) is 0 Å². The Balaban J connectivity index is 1.45. The van der Waals surface area contributed by atoms with Crippen molar-refractivity contribution in [3.8, 4) is 17.0 Å². The van der Waals surface area contributed by atoms with Crippen LogP contribution in [0.4, 0.5) is 14.5 Å². The van der Waals surface area contributed by atoms with Gasteiger partial charge in [0.05, 0.1) is 37.1 Å². The normalized spacial score (nSPS) is 18.3. The number of fused-ring (bicyclic) bond motifs is 1. The molecule has 0 bridgehead atoms. The monoisotopic (exact) mass is 549 g/mol. The van der Waals surface area contributed by atoms with Crippen molar-refractivity contribution in [3.05, 3.63) is 53.1 Å². The maximum Gasteiger partial charge on any atom is 0.387 e. The van der Waals surface area contributed by atoms with E-state index in [2.05, 4.69) is 25.7 Å². The van der Waals surface area contributed by atoms with Crippen LogP contribution in [0.25, 0.3) is 11.3 Å². The lowest BCUT2D eigenvalue weighted by molar-refractivity contribution is -0.112. The summed E-state index contributed by atoms with van der Waals surface area (Å²) in [6, 6.07) is 4.17. The maximum atomic E-state index is 13.3. The largest absolute Gasteiger partial charge is 0.434 e. The molecule has 3 aliphatic rings. The second-order valence-corrected chi connectivity index (χ2v) is 9.22. The maximum absolute atomic E-state index is 13.3. The average molecular weight is 550 g/mol. The molecule has 1 amide bonds. The summed E-state index contributed by atoms with van der Waals surface area (Å²) in [4.78, 5) is 19.6. The van der Waals surface area contributed by atoms with Gasteiger partial charge in [0.25, 0.3) is 5.91 Å². The standard InChI is InChI=1S/C24H26ClF2N7O4/c25-15-2-3-20(38-24(26)27)17(10-15)21-19(30-23(36)18-11-29-34-5-1-4-28-22(18)34)14-33(31-21)13-16(35)12-32-6-8-37-9-7-32/h1-5,10,14,16,24,29,35H,6-9,11-13H2,(H,30,36). The number of aliphatic hydroxyl groups excluding tert-OH is 1. The number of nitrogens with zero attached hydrogens (tertiary/aromatic N) is 5. The van der Waals surface area contributed by atoms with Crippen molar-refractivity contribution < 1.29 is 28.2 Å². The summed E-state index contributed by atoms with van der Waals surface area (Å²) in [5, 5.41) is 19.9. The van der Waals surface area contributed by atoms with E-state index in [0.29, 0.717) is 44.2 Å². The van der Waals surface area contributed by atoms with E-state index in [1.54, 1.807) is 23.5 Å². The fraction of sp³-hybridized carbons (Fsp3) is 0.375. The predicted molar refractivity (Wildman–Crippen MR) is 136 cm³/mol. The number of rotatable bonds is 9. The van der Waals surface area contributed by atoms with Crippen LogP contribution < -0.4 is 15.5 Å². The molecule has 4 heterocycles. The molecule has 1 atom stereocenters. The zero-order valence-corrected chi connectivity index (χ0v) is 20.9. The molecule has 1 saturated heterocycles. The Morgan fingerprint density at radius 2 is 2.11 bits per heavy atom. The fourth-order valence-corrected chi connectivity index (χ4v) is 4.56. The van der Waals surface area contributed by atoms with Gasteiger partial charge in [-0.2, -0.15) is 13.9 Å². The Morgan fingerprint density at radius 1 is 1.29 bits per heavy atom. The van der Waals surface area contributed by atoms with Crippen LogP contribution in [0.3, 0.4) is 0 Å². The van der Waals surface area contributed by atoms with E-state index < -0.39 is 18.6 Å². The highest BCUT2D eigenvalue weighted by Gasteiger charge is 2.28. The summed E-state index contributed by atoms with van der Waals surface area (Å²) in [7, 11) is 0. The first kappa shape index (κ1) is 26.3. The van der Waals surface area contributed by atoms with Gasteiger partial charge in [-0.05, 0) is 24.3 Å². The number of hydrazine groups is 1. The Morgan fingerprint density at radius 3 is 2.89 bits per heavy atom. The van der Waals surface area contributed by atoms with Gasteiger partial charge < -0.3 is 19.9 Å². The molecule has 5 rings (SSSR count). The third-order valence-electron chi connectivity index (χ3n) is 6.11. The molecule has 0 radical (unpaired) electrons. The zero-order chi connectivity index (χ0) is 26.6. The number of amides is 1. The smallest absolute Gasteiger partial charge is 0.387 e. The minimum absolute atomic E-state index is 0.101. The highest BCUT2D eigenvalue weighted by atomic mass is 35.5. The van der Waals surface area contributed by atoms with E-state index in [1.807, 2.05) is 0 Å². The summed E-state index contributed by atoms with van der Waals surface area (Å²) in [6.45, 7) is 0.275. The highest BCUT2D eigenvalue weighted by Crippen LogP contribution is 2.37. The van der Waals surface area contributed by atoms with Gasteiger partial charge in [0, 0.05) is 55.4 Å². The number of carbonyl (C=O) groups is 1. The van der Waals surface area contributed by atoms with Gasteiger partial charge in [-0.1, -0.05) is 11.6 Å². The van der Waals surface area contributed by atoms with E-state index in [9.17, 15) is 18.7 Å². The zero-order valence-electron chi connectivity index (χ0n) is 20.2. The number of nitrogens with one attached hydrogen (secondary N) is 2. The number of alkyl halides is 2. The van der Waals surface area contributed by atoms with Gasteiger partial charge in [0.1, 0.15) is 11.4 Å². The number of anilines is 1. The van der Waals surface area contributed by atoms with Crippen molar-refractivity contribution in [3.63, 3.8) is 0 Å². The Hall–Kier alpha value is -3.36. The van der Waals surface area contributed by atoms with Gasteiger partial charge in [-0.3, -0.25) is 19.4 Å². The summed E-state index contributed by atoms with van der Waals surface area (Å²) < 4.78 is 37.8. The molecule has 3 aliphatic heterocycles. The molecule has 0 saturated carbocycles. The Kier molecular flexibility index (Phi) is 8.00. The van der Waals surface area contributed by atoms with Crippen LogP contribution in [0.2, 0.25) is 5.02 Å². The van der Waals surface area contributed by atoms with Crippen molar-refractivity contribution in [1.29, 1.82) is 0 Å². The van der Waals surface area contributed by atoms with Gasteiger partial charge in [0.15, 0.2) is 5.82 Å². The van der Waals surface area contributed by atoms with Crippen LogP contribution >= 0.6 is 11.6 Å². The SMILES string of the molecule is O=C(Nc1cn(CC(O)CN2CCOCC2)nc1-c1cc(Cl)ccc1OC(F)F)C1=C2N=CC=CN2NC1. The van der Waals surface area contributed by atoms with Gasteiger partial charge in [-0.15, -0.1) is 0 Å². The first-order valence-corrected chi connectivity index (χ1v) is 12.3. The Bertz CT molecular complexity index is 1280. The molecule has 2 aromatic rings. The molecule has 0 spiro atoms. The quantitative estimate of drug-likeness (QED) is 0.435. The number of hydrogen-bond acceptors (Lipinski definition) is 9. The number of benzene rings is 1. The van der Waals surface area contributed by atoms with Crippen LogP contribution in [-0.2, 0) is 16.1 Å². The minimum Gasteiger partial charge on any atom is -0.434 e. The van der Waals surface area contributed by atoms with Crippen molar-refractivity contribution in [2.45, 2.75) is 19.3 Å². The lowest BCUT2D eigenvalue weighted by atomic mass is 10.1. The molecule has 1 aromatic heterocycles. The van der Waals surface area contributed by atoms with Gasteiger partial charge in [-0.25, -0.2) is 10.4 Å². The molecule has 38 heavy (non-hydrogen) atoms. The van der Waals surface area contributed by atoms with Gasteiger partial charge >= 0.3 is 6.61 Å². The molecule has 1 unspecified atom stereocenters. The summed E-state index contributed by atoms with van der Waals surface area (Å²) in [6.07, 6.45) is 5.80. The first-order chi connectivity index (χ1) is 18.4. The number of hydrogen-bond donors (Lipinski definition) is 3. The second kappa shape index (κ2) is 11.6. The average Bonchev–Trinajstić information content (AvgIpc) is 3.49. The molecule has 202 valence electrons. The van der Waals surface area contributed by atoms with Crippen LogP contribution in [0.5, 0.6) is 5.75 Å². The summed E-state index contributed by atoms with van der Waals surface area (Å²) >= 11 is 6.18. The molecule has 3 N–H and O–H groups in total. The number of ether oxygens (including phenoxy) is 2. The Labute approximate surface area is 221 Å². The van der Waals surface area contributed by atoms with Crippen LogP contribution in [0.15, 0.2) is 53.1 Å². The predicted octanol–water partition coefficient (Wildman–Crippen LogP) is 2.07. The molecule has 14 heteroatoms. The minimum atomic E-state index is -3.08. The van der Waals surface area contributed by atoms with E-state index in [1.165, 1.54) is 29.1 Å². The number of halogens is 3. The molecular weight excluding hydrogens is 524 g/mol. The van der Waals surface area contributed by atoms with Crippen molar-refractivity contribution >= 4 is 29.4 Å². The lowest BCUT2D eigenvalue weighted by Gasteiger charge is -2.28. The van der Waals surface area contributed by atoms with Crippen LogP contribution in [0, 0.1) is 0 Å². The number of aromatic nitrogens is 2. The van der Waals surface area contributed by atoms with Crippen LogP contribution in [0.1, 0.15) is 0 Å². The number of carbonyl (C=O) groups excluding carboxylic acids is 1. The van der Waals surface area contributed by atoms with Crippen molar-refractivity contribution in [2.75, 3.05) is 44.7 Å². The molecule has 0 aliphatic carbocycles. The number of allylic oxidation sites excluding steroid dienone is 1. The number of aliphatic hydroxyl groups is 1. The third kappa shape index (κ3) is 6.03. The number of aliphatic imine (C=N–C) groups is 1. The van der Waals surface area contributed by atoms with E-state index in [4.69, 9.17) is 21.1 Å². The van der Waals surface area contributed by atoms with Crippen molar-refractivity contribution in [2.24, 2.45) is 4.99 Å². The third-order valence-corrected chi connectivity index (χ3v) is 6.34. The van der Waals surface area contributed by atoms with Crippen molar-refractivity contribution in [1.82, 2.24) is 25.1 Å². The van der Waals surface area contributed by atoms with Crippen LogP contribution in [-0.4, -0.2) is 89.0 Å². The summed E-state index contributed by atoms with van der Waals surface area (Å²) in [5.41, 5.74) is 3.98. The molecular formula is C24H26ClF2N7O4. The fourth-order valence-electron chi connectivity index (χ4n) is 4.39. The topological polar surface area (TPSA) is 116 Å². The second-order valence-electron chi connectivity index (χ2n) is 8.78. The molecule has 1 aromatic carbocycles. The highest BCUT2D eigenvalue weighted by molar-refractivity contribution is 6.31. The first-order valence-electron chi connectivity index (χ1n) is 12.0. The summed E-state index contributed by atoms with van der Waals surface area (Å²) in [5.74, 6) is -0.156. The lowest BCUT2D eigenvalue weighted by Crippen LogP contribution is -2.42. The van der Waals surface area contributed by atoms with E-state index >= 15 is 0 Å². The molecule has 1 fully saturated rings. The van der Waals surface area contributed by atoms with Gasteiger partial charge in [0.2, 0.25) is 0 Å².